The van der Waals surface area contributed by atoms with Gasteiger partial charge in [-0.2, -0.15) is 0 Å². The molecule has 3 heteroatoms. The lowest BCUT2D eigenvalue weighted by Gasteiger charge is -2.27. The third-order valence-electron chi connectivity index (χ3n) is 3.39. The lowest BCUT2D eigenvalue weighted by Crippen LogP contribution is -2.30. The maximum absolute atomic E-state index is 9.76. The molecule has 1 aliphatic heterocycles. The van der Waals surface area contributed by atoms with Crippen LogP contribution in [0.1, 0.15) is 44.8 Å². The first-order valence-electron chi connectivity index (χ1n) is 6.13. The van der Waals surface area contributed by atoms with Crippen LogP contribution in [-0.4, -0.2) is 22.7 Å². The van der Waals surface area contributed by atoms with Gasteiger partial charge in [-0.3, -0.25) is 0 Å². The molecule has 0 spiro atoms. The fourth-order valence-corrected chi connectivity index (χ4v) is 2.51. The van der Waals surface area contributed by atoms with Crippen molar-refractivity contribution < 1.29 is 5.11 Å². The minimum Gasteiger partial charge on any atom is -0.389 e. The zero-order chi connectivity index (χ0) is 11.5. The molecule has 0 aliphatic carbocycles. The summed E-state index contributed by atoms with van der Waals surface area (Å²) in [6, 6.07) is 4.45. The Balaban J connectivity index is 2.32. The lowest BCUT2D eigenvalue weighted by atomic mass is 10.1. The number of pyridine rings is 1. The molecular formula is C13H20N2O. The zero-order valence-corrected chi connectivity index (χ0v) is 10.1. The average Bonchev–Trinajstić information content (AvgIpc) is 2.76. The Morgan fingerprint density at radius 2 is 2.44 bits per heavy atom. The van der Waals surface area contributed by atoms with E-state index in [2.05, 4.69) is 16.8 Å². The van der Waals surface area contributed by atoms with Crippen LogP contribution >= 0.6 is 0 Å². The second-order valence-electron chi connectivity index (χ2n) is 4.49. The first-order valence-corrected chi connectivity index (χ1v) is 6.13. The van der Waals surface area contributed by atoms with Gasteiger partial charge >= 0.3 is 0 Å². The van der Waals surface area contributed by atoms with Crippen molar-refractivity contribution in [2.75, 3.05) is 11.4 Å². The maximum atomic E-state index is 9.76. The van der Waals surface area contributed by atoms with Crippen LogP contribution in [0, 0.1) is 0 Å². The van der Waals surface area contributed by atoms with Crippen molar-refractivity contribution in [3.05, 3.63) is 23.9 Å². The van der Waals surface area contributed by atoms with E-state index in [0.29, 0.717) is 6.04 Å². The fourth-order valence-electron chi connectivity index (χ4n) is 2.51. The van der Waals surface area contributed by atoms with Gasteiger partial charge in [-0.15, -0.1) is 0 Å². The molecule has 1 fully saturated rings. The largest absolute Gasteiger partial charge is 0.389 e. The topological polar surface area (TPSA) is 36.4 Å². The summed E-state index contributed by atoms with van der Waals surface area (Å²) in [4.78, 5) is 6.80. The molecule has 0 bridgehead atoms. The van der Waals surface area contributed by atoms with E-state index in [1.807, 2.05) is 18.3 Å². The van der Waals surface area contributed by atoms with Crippen LogP contribution in [0.3, 0.4) is 0 Å². The highest BCUT2D eigenvalue weighted by molar-refractivity contribution is 5.49. The van der Waals surface area contributed by atoms with E-state index in [9.17, 15) is 5.11 Å². The van der Waals surface area contributed by atoms with E-state index in [1.165, 1.54) is 12.8 Å². The Kier molecular flexibility index (Phi) is 3.44. The van der Waals surface area contributed by atoms with Crippen molar-refractivity contribution >= 4 is 5.82 Å². The predicted octanol–water partition coefficient (Wildman–Crippen LogP) is 2.51. The van der Waals surface area contributed by atoms with Crippen molar-refractivity contribution in [1.82, 2.24) is 4.98 Å². The first-order chi connectivity index (χ1) is 7.74. The molecule has 2 heterocycles. The molecule has 1 aliphatic rings. The maximum Gasteiger partial charge on any atom is 0.134 e. The molecule has 1 aromatic heterocycles. The van der Waals surface area contributed by atoms with E-state index in [4.69, 9.17) is 0 Å². The number of hydrogen-bond donors (Lipinski definition) is 1. The lowest BCUT2D eigenvalue weighted by molar-refractivity contribution is 0.199. The monoisotopic (exact) mass is 220 g/mol. The summed E-state index contributed by atoms with van der Waals surface area (Å²) < 4.78 is 0. The SMILES string of the molecule is CCC1CCCN1c1ncccc1[C@@H](C)O. The van der Waals surface area contributed by atoms with Gasteiger partial charge < -0.3 is 10.0 Å². The predicted molar refractivity (Wildman–Crippen MR) is 65.5 cm³/mol. The fraction of sp³-hybridized carbons (Fsp3) is 0.615. The molecule has 0 amide bonds. The molecule has 0 aromatic carbocycles. The van der Waals surface area contributed by atoms with Gasteiger partial charge in [0.2, 0.25) is 0 Å². The highest BCUT2D eigenvalue weighted by atomic mass is 16.3. The summed E-state index contributed by atoms with van der Waals surface area (Å²) in [6.45, 7) is 5.08. The van der Waals surface area contributed by atoms with E-state index in [-0.39, 0.29) is 0 Å². The zero-order valence-electron chi connectivity index (χ0n) is 10.1. The molecule has 1 saturated heterocycles. The molecule has 2 rings (SSSR count). The standard InChI is InChI=1S/C13H20N2O/c1-3-11-6-5-9-15(11)13-12(10(2)16)7-4-8-14-13/h4,7-8,10-11,16H,3,5-6,9H2,1-2H3/t10-,11?/m1/s1. The summed E-state index contributed by atoms with van der Waals surface area (Å²) in [5.74, 6) is 0.974. The van der Waals surface area contributed by atoms with Gasteiger partial charge in [-0.25, -0.2) is 4.98 Å². The Bertz CT molecular complexity index is 352. The van der Waals surface area contributed by atoms with Crippen LogP contribution in [-0.2, 0) is 0 Å². The van der Waals surface area contributed by atoms with Crippen LogP contribution < -0.4 is 4.90 Å². The average molecular weight is 220 g/mol. The van der Waals surface area contributed by atoms with Crippen LogP contribution in [0.5, 0.6) is 0 Å². The third-order valence-corrected chi connectivity index (χ3v) is 3.39. The van der Waals surface area contributed by atoms with Gasteiger partial charge in [0.1, 0.15) is 5.82 Å². The molecule has 1 aromatic rings. The summed E-state index contributed by atoms with van der Waals surface area (Å²) in [6.07, 6.45) is 4.99. The van der Waals surface area contributed by atoms with E-state index in [0.717, 1.165) is 24.3 Å². The van der Waals surface area contributed by atoms with Gasteiger partial charge in [0, 0.05) is 24.3 Å². The summed E-state index contributed by atoms with van der Waals surface area (Å²) in [7, 11) is 0. The Labute approximate surface area is 97.1 Å². The molecule has 3 nitrogen and oxygen atoms in total. The number of nitrogens with zero attached hydrogens (tertiary/aromatic N) is 2. The first kappa shape index (κ1) is 11.4. The number of anilines is 1. The van der Waals surface area contributed by atoms with Gasteiger partial charge in [-0.1, -0.05) is 13.0 Å². The highest BCUT2D eigenvalue weighted by Gasteiger charge is 2.26. The van der Waals surface area contributed by atoms with Crippen LogP contribution in [0.2, 0.25) is 0 Å². The summed E-state index contributed by atoms with van der Waals surface area (Å²) >= 11 is 0. The summed E-state index contributed by atoms with van der Waals surface area (Å²) in [5.41, 5.74) is 0.947. The normalized spacial score (nSPS) is 22.4. The quantitative estimate of drug-likeness (QED) is 0.850. The summed E-state index contributed by atoms with van der Waals surface area (Å²) in [5, 5.41) is 9.76. The molecule has 2 atom stereocenters. The Morgan fingerprint density at radius 1 is 1.62 bits per heavy atom. The van der Waals surface area contributed by atoms with Crippen molar-refractivity contribution in [3.8, 4) is 0 Å². The number of aliphatic hydroxyl groups is 1. The Hall–Kier alpha value is -1.09. The van der Waals surface area contributed by atoms with E-state index < -0.39 is 6.10 Å². The number of aromatic nitrogens is 1. The van der Waals surface area contributed by atoms with Gasteiger partial charge in [0.15, 0.2) is 0 Å². The minimum absolute atomic E-state index is 0.443. The van der Waals surface area contributed by atoms with Crippen molar-refractivity contribution in [1.29, 1.82) is 0 Å². The number of rotatable bonds is 3. The van der Waals surface area contributed by atoms with Crippen LogP contribution in [0.25, 0.3) is 0 Å². The second-order valence-corrected chi connectivity index (χ2v) is 4.49. The van der Waals surface area contributed by atoms with Crippen molar-refractivity contribution in [2.24, 2.45) is 0 Å². The third kappa shape index (κ3) is 2.05. The smallest absolute Gasteiger partial charge is 0.134 e. The second kappa shape index (κ2) is 4.83. The van der Waals surface area contributed by atoms with Crippen molar-refractivity contribution in [3.63, 3.8) is 0 Å². The molecule has 1 unspecified atom stereocenters. The van der Waals surface area contributed by atoms with E-state index in [1.54, 1.807) is 6.92 Å². The highest BCUT2D eigenvalue weighted by Crippen LogP contribution is 2.30. The van der Waals surface area contributed by atoms with Gasteiger partial charge in [0.05, 0.1) is 6.10 Å². The number of aliphatic hydroxyl groups excluding tert-OH is 1. The molecule has 0 saturated carbocycles. The molecule has 88 valence electrons. The van der Waals surface area contributed by atoms with Gasteiger partial charge in [-0.05, 0) is 32.3 Å². The minimum atomic E-state index is -0.443. The molecule has 1 N–H and O–H groups in total. The number of hydrogen-bond acceptors (Lipinski definition) is 3. The van der Waals surface area contributed by atoms with Crippen LogP contribution in [0.15, 0.2) is 18.3 Å². The Morgan fingerprint density at radius 3 is 3.12 bits per heavy atom. The molecular weight excluding hydrogens is 200 g/mol. The molecule has 16 heavy (non-hydrogen) atoms. The molecule has 0 radical (unpaired) electrons. The van der Waals surface area contributed by atoms with Crippen LogP contribution in [0.4, 0.5) is 5.82 Å². The van der Waals surface area contributed by atoms with Gasteiger partial charge in [0.25, 0.3) is 0 Å². The van der Waals surface area contributed by atoms with E-state index >= 15 is 0 Å². The van der Waals surface area contributed by atoms with Crippen molar-refractivity contribution in [2.45, 2.75) is 45.3 Å².